The summed E-state index contributed by atoms with van der Waals surface area (Å²) < 4.78 is 13.3. The largest absolute Gasteiger partial charge is 0.491 e. The number of nitrogens with zero attached hydrogens (tertiary/aromatic N) is 5. The highest BCUT2D eigenvalue weighted by atomic mass is 35.5. The molecule has 4 heterocycles. The maximum absolute atomic E-state index is 10.6. The average molecular weight is 453 g/mol. The summed E-state index contributed by atoms with van der Waals surface area (Å²) in [5.74, 6) is 0.792. The van der Waals surface area contributed by atoms with Crippen molar-refractivity contribution < 1.29 is 19.7 Å². The molecule has 4 atom stereocenters. The molecule has 0 unspecified atom stereocenters. The Labute approximate surface area is 186 Å². The molecule has 1 saturated heterocycles. The highest BCUT2D eigenvalue weighted by molar-refractivity contribution is 6.36. The van der Waals surface area contributed by atoms with Gasteiger partial charge in [-0.1, -0.05) is 11.6 Å². The number of halogens is 1. The molecule has 0 saturated carbocycles. The molecule has 1 aliphatic rings. The van der Waals surface area contributed by atoms with E-state index in [9.17, 15) is 10.2 Å². The fourth-order valence-electron chi connectivity index (χ4n) is 3.78. The minimum Gasteiger partial charge on any atom is -0.491 e. The van der Waals surface area contributed by atoms with E-state index in [0.717, 1.165) is 0 Å². The van der Waals surface area contributed by atoms with Gasteiger partial charge in [0.2, 0.25) is 0 Å². The maximum Gasteiger partial charge on any atom is 0.164 e. The Kier molecular flexibility index (Phi) is 5.03. The summed E-state index contributed by atoms with van der Waals surface area (Å²) in [5.41, 5.74) is 7.21. The van der Waals surface area contributed by atoms with E-state index in [1.165, 1.54) is 12.5 Å². The van der Waals surface area contributed by atoms with Gasteiger partial charge in [-0.05, 0) is 18.2 Å². The molecule has 32 heavy (non-hydrogen) atoms. The van der Waals surface area contributed by atoms with Crippen LogP contribution in [0.5, 0.6) is 5.75 Å². The molecule has 1 aliphatic heterocycles. The van der Waals surface area contributed by atoms with Crippen LogP contribution in [0.15, 0.2) is 43.0 Å². The van der Waals surface area contributed by atoms with Crippen LogP contribution in [0.25, 0.3) is 21.9 Å². The van der Waals surface area contributed by atoms with Crippen LogP contribution in [0.1, 0.15) is 11.8 Å². The van der Waals surface area contributed by atoms with Crippen LogP contribution in [0.4, 0.5) is 5.82 Å². The fraction of sp³-hybridized carbons (Fsp3) is 0.238. The summed E-state index contributed by atoms with van der Waals surface area (Å²) in [5, 5.41) is 31.7. The van der Waals surface area contributed by atoms with Gasteiger partial charge in [0.25, 0.3) is 0 Å². The van der Waals surface area contributed by atoms with Crippen molar-refractivity contribution in [2.45, 2.75) is 24.5 Å². The molecule has 0 spiro atoms. The van der Waals surface area contributed by atoms with Gasteiger partial charge >= 0.3 is 0 Å². The van der Waals surface area contributed by atoms with E-state index in [0.29, 0.717) is 44.1 Å². The van der Waals surface area contributed by atoms with Gasteiger partial charge in [-0.25, -0.2) is 9.97 Å². The van der Waals surface area contributed by atoms with E-state index < -0.39 is 24.5 Å². The van der Waals surface area contributed by atoms with Gasteiger partial charge in [0.1, 0.15) is 54.5 Å². The lowest BCUT2D eigenvalue weighted by atomic mass is 10.1. The highest BCUT2D eigenvalue weighted by Gasteiger charge is 2.44. The van der Waals surface area contributed by atoms with E-state index >= 15 is 0 Å². The standard InChI is InChI=1S/C21H17ClN6O4/c22-16-10(6-23)7-25-14-5-11(1-2-12(14)16)31-8-15-17(29)18(30)21(32-15)28-4-3-13-19(24)26-9-27-20(13)28/h1-5,7,9,15,17-18,21,29-30H,8H2,(H2,24,26,27)/t15-,17-,18-,21-/m1/s1. The van der Waals surface area contributed by atoms with Crippen molar-refractivity contribution in [1.82, 2.24) is 19.5 Å². The molecule has 162 valence electrons. The molecular formula is C21H17ClN6O4. The molecular weight excluding hydrogens is 436 g/mol. The zero-order chi connectivity index (χ0) is 22.4. The molecule has 5 rings (SSSR count). The van der Waals surface area contributed by atoms with Crippen molar-refractivity contribution in [2.75, 3.05) is 12.3 Å². The molecule has 1 fully saturated rings. The Morgan fingerprint density at radius 3 is 2.84 bits per heavy atom. The minimum absolute atomic E-state index is 0.0133. The van der Waals surface area contributed by atoms with Crippen molar-refractivity contribution in [2.24, 2.45) is 0 Å². The van der Waals surface area contributed by atoms with Gasteiger partial charge in [-0.3, -0.25) is 4.98 Å². The summed E-state index contributed by atoms with van der Waals surface area (Å²) in [7, 11) is 0. The molecule has 0 radical (unpaired) electrons. The van der Waals surface area contributed by atoms with Gasteiger partial charge in [-0.2, -0.15) is 5.26 Å². The zero-order valence-corrected chi connectivity index (χ0v) is 17.2. The number of rotatable bonds is 4. The van der Waals surface area contributed by atoms with E-state index in [-0.39, 0.29) is 6.61 Å². The summed E-state index contributed by atoms with van der Waals surface area (Å²) in [6, 6.07) is 8.79. The van der Waals surface area contributed by atoms with Crippen LogP contribution in [-0.4, -0.2) is 54.7 Å². The summed E-state index contributed by atoms with van der Waals surface area (Å²) in [6.07, 6.45) is 0.364. The van der Waals surface area contributed by atoms with Crippen molar-refractivity contribution in [3.8, 4) is 11.8 Å². The fourth-order valence-corrected chi connectivity index (χ4v) is 4.03. The number of nitrogen functional groups attached to an aromatic ring is 1. The van der Waals surface area contributed by atoms with E-state index in [1.807, 2.05) is 6.07 Å². The summed E-state index contributed by atoms with van der Waals surface area (Å²) in [6.45, 7) is -0.0133. The van der Waals surface area contributed by atoms with Crippen molar-refractivity contribution in [1.29, 1.82) is 5.26 Å². The average Bonchev–Trinajstić information content (AvgIpc) is 3.35. The number of pyridine rings is 1. The first kappa shape index (κ1) is 20.4. The van der Waals surface area contributed by atoms with Crippen LogP contribution in [-0.2, 0) is 4.74 Å². The van der Waals surface area contributed by atoms with Gasteiger partial charge in [0, 0.05) is 23.8 Å². The van der Waals surface area contributed by atoms with Crippen molar-refractivity contribution in [3.05, 3.63) is 53.6 Å². The Morgan fingerprint density at radius 2 is 2.03 bits per heavy atom. The molecule has 0 aliphatic carbocycles. The van der Waals surface area contributed by atoms with Crippen LogP contribution in [0, 0.1) is 11.3 Å². The summed E-state index contributed by atoms with van der Waals surface area (Å²) >= 11 is 6.22. The van der Waals surface area contributed by atoms with Gasteiger partial charge in [0.15, 0.2) is 6.23 Å². The highest BCUT2D eigenvalue weighted by Crippen LogP contribution is 2.33. The molecule has 4 N–H and O–H groups in total. The van der Waals surface area contributed by atoms with Gasteiger partial charge in [0.05, 0.1) is 21.5 Å². The number of hydrogen-bond donors (Lipinski definition) is 3. The third-order valence-electron chi connectivity index (χ3n) is 5.46. The second-order valence-electron chi connectivity index (χ2n) is 7.35. The minimum atomic E-state index is -1.20. The normalized spacial score (nSPS) is 22.9. The topological polar surface area (TPSA) is 152 Å². The molecule has 0 bridgehead atoms. The zero-order valence-electron chi connectivity index (χ0n) is 16.5. The summed E-state index contributed by atoms with van der Waals surface area (Å²) in [4.78, 5) is 12.4. The monoisotopic (exact) mass is 452 g/mol. The number of aromatic nitrogens is 4. The lowest BCUT2D eigenvalue weighted by molar-refractivity contribution is -0.0471. The maximum atomic E-state index is 10.6. The van der Waals surface area contributed by atoms with Gasteiger partial charge < -0.3 is 30.0 Å². The number of ether oxygens (including phenoxy) is 2. The second-order valence-corrected chi connectivity index (χ2v) is 7.73. The number of aliphatic hydroxyl groups is 2. The molecule has 10 nitrogen and oxygen atoms in total. The number of anilines is 1. The first-order valence-corrected chi connectivity index (χ1v) is 10.1. The van der Waals surface area contributed by atoms with E-state index in [2.05, 4.69) is 15.0 Å². The lowest BCUT2D eigenvalue weighted by Gasteiger charge is -2.17. The molecule has 1 aromatic carbocycles. The van der Waals surface area contributed by atoms with E-state index in [4.69, 9.17) is 32.1 Å². The number of nitrogens with two attached hydrogens (primary N) is 1. The quantitative estimate of drug-likeness (QED) is 0.420. The number of hydrogen-bond acceptors (Lipinski definition) is 9. The van der Waals surface area contributed by atoms with Crippen LogP contribution in [0.3, 0.4) is 0 Å². The molecule has 0 amide bonds. The van der Waals surface area contributed by atoms with E-state index in [1.54, 1.807) is 35.0 Å². The predicted molar refractivity (Wildman–Crippen MR) is 115 cm³/mol. The smallest absolute Gasteiger partial charge is 0.164 e. The number of nitriles is 1. The Morgan fingerprint density at radius 1 is 1.19 bits per heavy atom. The SMILES string of the molecule is N#Cc1cnc2cc(OC[C@H]3O[C@@H](n4ccc5c(N)ncnc54)[C@H](O)[C@@H]3O)ccc2c1Cl. The number of benzene rings is 1. The van der Waals surface area contributed by atoms with Crippen LogP contribution in [0.2, 0.25) is 5.02 Å². The number of aliphatic hydroxyl groups excluding tert-OH is 2. The predicted octanol–water partition coefficient (Wildman–Crippen LogP) is 1.78. The van der Waals surface area contributed by atoms with Crippen molar-refractivity contribution in [3.63, 3.8) is 0 Å². The molecule has 11 heteroatoms. The lowest BCUT2D eigenvalue weighted by Crippen LogP contribution is -2.34. The molecule has 3 aromatic heterocycles. The Balaban J connectivity index is 1.34. The number of fused-ring (bicyclic) bond motifs is 2. The Hall–Kier alpha value is -3.49. The second kappa shape index (κ2) is 7.89. The van der Waals surface area contributed by atoms with Crippen molar-refractivity contribution >= 4 is 39.4 Å². The first-order chi connectivity index (χ1) is 15.5. The Bertz CT molecular complexity index is 1370. The van der Waals surface area contributed by atoms with Crippen LogP contribution >= 0.6 is 11.6 Å². The molecule has 4 aromatic rings. The third-order valence-corrected chi connectivity index (χ3v) is 5.87. The van der Waals surface area contributed by atoms with Gasteiger partial charge in [-0.15, -0.1) is 0 Å². The van der Waals surface area contributed by atoms with Crippen LogP contribution < -0.4 is 10.5 Å². The first-order valence-electron chi connectivity index (χ1n) is 9.67. The third kappa shape index (κ3) is 3.28.